The normalized spacial score (nSPS) is 8.86. The van der Waals surface area contributed by atoms with E-state index in [2.05, 4.69) is 0 Å². The van der Waals surface area contributed by atoms with Gasteiger partial charge in [-0.2, -0.15) is 0 Å². The summed E-state index contributed by atoms with van der Waals surface area (Å²) in [6, 6.07) is 0. The second-order valence-corrected chi connectivity index (χ2v) is 1.54. The van der Waals surface area contributed by atoms with E-state index in [-0.39, 0.29) is 0 Å². The van der Waals surface area contributed by atoms with Crippen molar-refractivity contribution in [2.75, 3.05) is 0 Å². The maximum atomic E-state index is 8.88. The fourth-order valence-electron chi connectivity index (χ4n) is 0. The minimum absolute atomic E-state index is 2.00. The zero-order valence-corrected chi connectivity index (χ0v) is 4.21. The standard InChI is InChI=1S/BHO.H3O4P/c1-2;1-5(2,3)4/h1H;(H3,1,2,3,4). The average Bonchev–Trinajstić information content (AvgIpc) is 1.36. The summed E-state index contributed by atoms with van der Waals surface area (Å²) in [6.07, 6.45) is 0. The Kier molecular flexibility index (Phi) is 5.95. The largest absolute Gasteiger partial charge is 0.466 e. The Morgan fingerprint density at radius 3 is 1.14 bits per heavy atom. The Hall–Kier alpha value is -0.0251. The van der Waals surface area contributed by atoms with Crippen molar-refractivity contribution in [3.8, 4) is 0 Å². The molecule has 0 radical (unpaired) electrons. The molecule has 3 N–H and O–H groups in total. The third-order valence-electron chi connectivity index (χ3n) is 0. The van der Waals surface area contributed by atoms with Crippen molar-refractivity contribution < 1.29 is 23.9 Å². The van der Waals surface area contributed by atoms with Gasteiger partial charge in [-0.25, -0.2) is 4.57 Å². The van der Waals surface area contributed by atoms with Gasteiger partial charge in [0.2, 0.25) is 0 Å². The van der Waals surface area contributed by atoms with Gasteiger partial charge in [-0.15, -0.1) is 0 Å². The van der Waals surface area contributed by atoms with Gasteiger partial charge < -0.3 is 14.7 Å². The molecule has 0 rings (SSSR count). The SMILES string of the molecule is B=O.O=P(O)(O)O. The first kappa shape index (κ1) is 10.1. The van der Waals surface area contributed by atoms with E-state index in [9.17, 15) is 0 Å². The molecule has 7 heteroatoms. The van der Waals surface area contributed by atoms with Gasteiger partial charge >= 0.3 is 20.2 Å². The zero-order chi connectivity index (χ0) is 6.50. The van der Waals surface area contributed by atoms with Crippen LogP contribution in [0.1, 0.15) is 0 Å². The molecule has 0 aromatic heterocycles. The fraction of sp³-hybridized carbons (Fsp3) is 0. The quantitative estimate of drug-likeness (QED) is 0.265. The van der Waals surface area contributed by atoms with Gasteiger partial charge in [-0.05, 0) is 0 Å². The smallest absolute Gasteiger partial charge is 0.303 e. The molecule has 0 aliphatic rings. The molecule has 0 saturated carbocycles. The van der Waals surface area contributed by atoms with E-state index in [1.807, 2.05) is 7.72 Å². The van der Waals surface area contributed by atoms with Crippen molar-refractivity contribution in [1.29, 1.82) is 0 Å². The van der Waals surface area contributed by atoms with E-state index in [1.165, 1.54) is 0 Å². The first-order valence-corrected chi connectivity index (χ1v) is 2.64. The summed E-state index contributed by atoms with van der Waals surface area (Å²) in [7, 11) is -2.64. The average molecular weight is 126 g/mol. The van der Waals surface area contributed by atoms with E-state index in [1.54, 1.807) is 0 Å². The molecule has 0 heterocycles. The molecule has 0 saturated heterocycles. The van der Waals surface area contributed by atoms with E-state index < -0.39 is 7.82 Å². The number of rotatable bonds is 0. The molecule has 7 heavy (non-hydrogen) atoms. The van der Waals surface area contributed by atoms with Crippen LogP contribution < -0.4 is 0 Å². The van der Waals surface area contributed by atoms with Gasteiger partial charge in [0, 0.05) is 0 Å². The summed E-state index contributed by atoms with van der Waals surface area (Å²) in [5, 5.41) is 0. The molecule has 0 aromatic carbocycles. The third-order valence-corrected chi connectivity index (χ3v) is 0. The monoisotopic (exact) mass is 126 g/mol. The summed E-state index contributed by atoms with van der Waals surface area (Å²) in [5.74, 6) is 0. The van der Waals surface area contributed by atoms with Gasteiger partial charge in [-0.3, -0.25) is 0 Å². The van der Waals surface area contributed by atoms with Crippen LogP contribution in [0.4, 0.5) is 0 Å². The number of hydrogen-bond acceptors (Lipinski definition) is 2. The molecule has 0 aliphatic carbocycles. The molecular formula is H4BO5P. The van der Waals surface area contributed by atoms with Crippen molar-refractivity contribution in [2.24, 2.45) is 0 Å². The second kappa shape index (κ2) is 4.14. The van der Waals surface area contributed by atoms with Gasteiger partial charge in [-0.1, -0.05) is 0 Å². The predicted molar refractivity (Wildman–Crippen MR) is 22.1 cm³/mol. The Bertz CT molecular complexity index is 63.9. The molecule has 0 aromatic rings. The molecule has 42 valence electrons. The van der Waals surface area contributed by atoms with Crippen LogP contribution in [0.15, 0.2) is 0 Å². The minimum Gasteiger partial charge on any atom is -0.303 e. The van der Waals surface area contributed by atoms with Crippen LogP contribution in [-0.2, 0) is 9.27 Å². The molecule has 0 spiro atoms. The second-order valence-electron chi connectivity index (χ2n) is 0.513. The number of hydrogen-bond donors (Lipinski definition) is 3. The molecule has 0 bridgehead atoms. The summed E-state index contributed by atoms with van der Waals surface area (Å²) in [5.41, 5.74) is 0. The van der Waals surface area contributed by atoms with Crippen molar-refractivity contribution in [2.45, 2.75) is 0 Å². The molecule has 0 amide bonds. The van der Waals surface area contributed by atoms with Crippen molar-refractivity contribution in [3.05, 3.63) is 0 Å². The Balaban J connectivity index is 0. The molecule has 0 atom stereocenters. The zero-order valence-electron chi connectivity index (χ0n) is 3.31. The summed E-state index contributed by atoms with van der Waals surface area (Å²) in [6.45, 7) is 0. The first-order valence-electron chi connectivity index (χ1n) is 1.07. The van der Waals surface area contributed by atoms with E-state index >= 15 is 0 Å². The molecule has 0 aliphatic heterocycles. The summed E-state index contributed by atoms with van der Waals surface area (Å²) < 4.78 is 16.9. The van der Waals surface area contributed by atoms with Crippen LogP contribution in [0.5, 0.6) is 0 Å². The summed E-state index contributed by atoms with van der Waals surface area (Å²) >= 11 is 0. The maximum absolute atomic E-state index is 8.88. The van der Waals surface area contributed by atoms with Crippen LogP contribution in [0, 0.1) is 0 Å². The minimum atomic E-state index is -4.64. The Morgan fingerprint density at radius 1 is 1.14 bits per heavy atom. The van der Waals surface area contributed by atoms with Crippen molar-refractivity contribution in [3.63, 3.8) is 0 Å². The van der Waals surface area contributed by atoms with Gasteiger partial charge in [0.15, 0.2) is 0 Å². The third kappa shape index (κ3) is 150000. The molecule has 0 fully saturated rings. The van der Waals surface area contributed by atoms with E-state index in [0.29, 0.717) is 0 Å². The molecular weight excluding hydrogens is 122 g/mol. The van der Waals surface area contributed by atoms with E-state index in [4.69, 9.17) is 23.9 Å². The topological polar surface area (TPSA) is 94.8 Å². The predicted octanol–water partition coefficient (Wildman–Crippen LogP) is -1.70. The molecule has 0 unspecified atom stereocenters. The van der Waals surface area contributed by atoms with Gasteiger partial charge in [0.1, 0.15) is 0 Å². The number of phosphoric acid groups is 1. The van der Waals surface area contributed by atoms with Crippen LogP contribution in [0.2, 0.25) is 0 Å². The maximum Gasteiger partial charge on any atom is 0.466 e. The Labute approximate surface area is 40.6 Å². The van der Waals surface area contributed by atoms with Crippen LogP contribution in [0.25, 0.3) is 0 Å². The molecule has 5 nitrogen and oxygen atoms in total. The summed E-state index contributed by atoms with van der Waals surface area (Å²) in [4.78, 5) is 21.6. The first-order chi connectivity index (χ1) is 3.00. The Morgan fingerprint density at radius 2 is 1.14 bits per heavy atom. The van der Waals surface area contributed by atoms with Gasteiger partial charge in [0.25, 0.3) is 0 Å². The van der Waals surface area contributed by atoms with Crippen LogP contribution in [0.3, 0.4) is 0 Å². The van der Waals surface area contributed by atoms with E-state index in [0.717, 1.165) is 0 Å². The fourth-order valence-corrected chi connectivity index (χ4v) is 0. The van der Waals surface area contributed by atoms with Crippen LogP contribution in [-0.4, -0.2) is 22.4 Å². The van der Waals surface area contributed by atoms with Crippen molar-refractivity contribution >= 4 is 15.5 Å². The van der Waals surface area contributed by atoms with Crippen molar-refractivity contribution in [1.82, 2.24) is 0 Å². The van der Waals surface area contributed by atoms with Gasteiger partial charge in [0.05, 0.1) is 0 Å². The van der Waals surface area contributed by atoms with Crippen LogP contribution >= 0.6 is 7.82 Å².